The van der Waals surface area contributed by atoms with Crippen molar-refractivity contribution >= 4 is 42.9 Å². The van der Waals surface area contributed by atoms with Crippen LogP contribution in [0.1, 0.15) is 6.92 Å². The minimum absolute atomic E-state index is 0.0441. The average molecular weight is 423 g/mol. The van der Waals surface area contributed by atoms with Gasteiger partial charge in [0.05, 0.1) is 26.9 Å². The summed E-state index contributed by atoms with van der Waals surface area (Å²) in [5, 5.41) is 11.0. The lowest BCUT2D eigenvalue weighted by Gasteiger charge is -2.23. The highest BCUT2D eigenvalue weighted by Gasteiger charge is 2.35. The third-order valence-corrected chi connectivity index (χ3v) is 7.78. The Hall–Kier alpha value is -1.12. The second-order valence-corrected chi connectivity index (χ2v) is 10.8. The molecule has 0 aliphatic carbocycles. The highest BCUT2D eigenvalue weighted by atomic mass is 35.5. The maximum atomic E-state index is 12.4. The summed E-state index contributed by atoms with van der Waals surface area (Å²) in [7, 11) is -7.82. The second kappa shape index (κ2) is 7.25. The lowest BCUT2D eigenvalue weighted by Crippen LogP contribution is -2.40. The summed E-state index contributed by atoms with van der Waals surface area (Å²) >= 11 is 11.5. The summed E-state index contributed by atoms with van der Waals surface area (Å²) in [6, 6.07) is 11.0. The molecule has 0 spiro atoms. The molecule has 1 N–H and O–H groups in total. The van der Waals surface area contributed by atoms with E-state index in [1.807, 2.05) is 0 Å². The van der Waals surface area contributed by atoms with Crippen molar-refractivity contribution in [2.45, 2.75) is 22.3 Å². The van der Waals surface area contributed by atoms with Gasteiger partial charge in [0.2, 0.25) is 0 Å². The number of hydrogen-bond donors (Lipinski definition) is 1. The summed E-state index contributed by atoms with van der Waals surface area (Å²) in [6.07, 6.45) is 0. The standard InChI is InChI=1S/C16H16Cl2O5S2/c1-16(19,10-24(20,21)14-7-5-12(17)6-8-14)11-25(22,23)15-4-2-3-13(18)9-15/h2-9,19H,10-11H2,1H3. The van der Waals surface area contributed by atoms with Gasteiger partial charge in [-0.05, 0) is 49.4 Å². The van der Waals surface area contributed by atoms with Crippen LogP contribution in [0.15, 0.2) is 58.3 Å². The van der Waals surface area contributed by atoms with E-state index >= 15 is 0 Å². The number of hydrogen-bond acceptors (Lipinski definition) is 5. The van der Waals surface area contributed by atoms with Gasteiger partial charge >= 0.3 is 0 Å². The van der Waals surface area contributed by atoms with Crippen LogP contribution >= 0.6 is 23.2 Å². The monoisotopic (exact) mass is 422 g/mol. The van der Waals surface area contributed by atoms with Crippen molar-refractivity contribution in [3.05, 3.63) is 58.6 Å². The third kappa shape index (κ3) is 5.43. The van der Waals surface area contributed by atoms with E-state index in [-0.39, 0.29) is 14.8 Å². The quantitative estimate of drug-likeness (QED) is 0.772. The molecular formula is C16H16Cl2O5S2. The molecule has 0 radical (unpaired) electrons. The molecule has 1 unspecified atom stereocenters. The molecule has 2 rings (SSSR count). The zero-order chi connectivity index (χ0) is 18.9. The van der Waals surface area contributed by atoms with E-state index in [9.17, 15) is 21.9 Å². The molecule has 0 aromatic heterocycles. The summed E-state index contributed by atoms with van der Waals surface area (Å²) < 4.78 is 49.7. The minimum atomic E-state index is -3.92. The van der Waals surface area contributed by atoms with E-state index in [0.717, 1.165) is 0 Å². The molecule has 0 amide bonds. The van der Waals surface area contributed by atoms with Gasteiger partial charge in [-0.2, -0.15) is 0 Å². The summed E-state index contributed by atoms with van der Waals surface area (Å²) in [5.74, 6) is -1.51. The maximum absolute atomic E-state index is 12.4. The highest BCUT2D eigenvalue weighted by molar-refractivity contribution is 7.92. The Morgan fingerprint density at radius 3 is 1.88 bits per heavy atom. The Labute approximate surface area is 157 Å². The summed E-state index contributed by atoms with van der Waals surface area (Å²) in [5.41, 5.74) is -1.99. The van der Waals surface area contributed by atoms with Gasteiger partial charge in [0.25, 0.3) is 0 Å². The Morgan fingerprint density at radius 2 is 1.36 bits per heavy atom. The van der Waals surface area contributed by atoms with Crippen LogP contribution in [0.4, 0.5) is 0 Å². The van der Waals surface area contributed by atoms with Crippen molar-refractivity contribution in [3.8, 4) is 0 Å². The molecule has 25 heavy (non-hydrogen) atoms. The van der Waals surface area contributed by atoms with Gasteiger partial charge < -0.3 is 5.11 Å². The van der Waals surface area contributed by atoms with Crippen LogP contribution < -0.4 is 0 Å². The molecule has 0 aliphatic rings. The minimum Gasteiger partial charge on any atom is -0.388 e. The van der Waals surface area contributed by atoms with Crippen LogP contribution in [-0.4, -0.2) is 39.0 Å². The van der Waals surface area contributed by atoms with Gasteiger partial charge in [0, 0.05) is 10.0 Å². The highest BCUT2D eigenvalue weighted by Crippen LogP contribution is 2.24. The van der Waals surface area contributed by atoms with Gasteiger partial charge in [-0.25, -0.2) is 16.8 Å². The van der Waals surface area contributed by atoms with Crippen molar-refractivity contribution in [2.24, 2.45) is 0 Å². The van der Waals surface area contributed by atoms with E-state index in [1.54, 1.807) is 0 Å². The van der Waals surface area contributed by atoms with Crippen molar-refractivity contribution in [1.82, 2.24) is 0 Å². The maximum Gasteiger partial charge on any atom is 0.181 e. The predicted molar refractivity (Wildman–Crippen MR) is 97.6 cm³/mol. The molecule has 136 valence electrons. The number of halogens is 2. The van der Waals surface area contributed by atoms with Crippen molar-refractivity contribution < 1.29 is 21.9 Å². The van der Waals surface area contributed by atoms with Crippen LogP contribution in [0.3, 0.4) is 0 Å². The van der Waals surface area contributed by atoms with Crippen LogP contribution in [-0.2, 0) is 19.7 Å². The molecule has 5 nitrogen and oxygen atoms in total. The molecule has 0 saturated heterocycles. The number of aliphatic hydroxyl groups is 1. The molecule has 9 heteroatoms. The van der Waals surface area contributed by atoms with Gasteiger partial charge in [-0.1, -0.05) is 29.3 Å². The fraction of sp³-hybridized carbons (Fsp3) is 0.250. The SMILES string of the molecule is CC(O)(CS(=O)(=O)c1ccc(Cl)cc1)CS(=O)(=O)c1cccc(Cl)c1. The van der Waals surface area contributed by atoms with E-state index < -0.39 is 36.8 Å². The van der Waals surface area contributed by atoms with E-state index in [4.69, 9.17) is 23.2 Å². The smallest absolute Gasteiger partial charge is 0.181 e. The normalized spacial score (nSPS) is 14.9. The lowest BCUT2D eigenvalue weighted by atomic mass is 10.2. The van der Waals surface area contributed by atoms with E-state index in [2.05, 4.69) is 0 Å². The van der Waals surface area contributed by atoms with Gasteiger partial charge in [0.1, 0.15) is 0 Å². The van der Waals surface area contributed by atoms with Crippen molar-refractivity contribution in [1.29, 1.82) is 0 Å². The van der Waals surface area contributed by atoms with Crippen LogP contribution in [0.2, 0.25) is 10.0 Å². The molecule has 2 aromatic rings. The average Bonchev–Trinajstić information content (AvgIpc) is 2.45. The first-order valence-corrected chi connectivity index (χ1v) is 11.2. The van der Waals surface area contributed by atoms with Crippen LogP contribution in [0.25, 0.3) is 0 Å². The van der Waals surface area contributed by atoms with Gasteiger partial charge in [-0.3, -0.25) is 0 Å². The first-order chi connectivity index (χ1) is 11.4. The molecule has 0 aliphatic heterocycles. The predicted octanol–water partition coefficient (Wildman–Crippen LogP) is 2.99. The zero-order valence-corrected chi connectivity index (χ0v) is 16.3. The summed E-state index contributed by atoms with van der Waals surface area (Å²) in [4.78, 5) is -0.124. The first kappa shape index (κ1) is 20.2. The first-order valence-electron chi connectivity index (χ1n) is 7.10. The molecular weight excluding hydrogens is 407 g/mol. The topological polar surface area (TPSA) is 88.5 Å². The number of sulfone groups is 2. The van der Waals surface area contributed by atoms with Gasteiger partial charge in [0.15, 0.2) is 19.7 Å². The van der Waals surface area contributed by atoms with E-state index in [1.165, 1.54) is 55.5 Å². The number of rotatable bonds is 6. The Kier molecular flexibility index (Phi) is 5.85. The molecule has 0 fully saturated rings. The zero-order valence-electron chi connectivity index (χ0n) is 13.2. The molecule has 0 saturated carbocycles. The molecule has 0 heterocycles. The van der Waals surface area contributed by atoms with Crippen molar-refractivity contribution in [3.63, 3.8) is 0 Å². The van der Waals surface area contributed by atoms with Crippen LogP contribution in [0, 0.1) is 0 Å². The van der Waals surface area contributed by atoms with Gasteiger partial charge in [-0.15, -0.1) is 0 Å². The molecule has 2 aromatic carbocycles. The van der Waals surface area contributed by atoms with Crippen LogP contribution in [0.5, 0.6) is 0 Å². The fourth-order valence-corrected chi connectivity index (χ4v) is 6.16. The Morgan fingerprint density at radius 1 is 0.840 bits per heavy atom. The largest absolute Gasteiger partial charge is 0.388 e. The molecule has 0 bridgehead atoms. The second-order valence-electron chi connectivity index (χ2n) is 5.93. The van der Waals surface area contributed by atoms with Crippen molar-refractivity contribution in [2.75, 3.05) is 11.5 Å². The number of benzene rings is 2. The Balaban J connectivity index is 2.25. The summed E-state index contributed by atoms with van der Waals surface area (Å²) in [6.45, 7) is 1.17. The van der Waals surface area contributed by atoms with E-state index in [0.29, 0.717) is 5.02 Å². The fourth-order valence-electron chi connectivity index (χ4n) is 2.33. The lowest BCUT2D eigenvalue weighted by molar-refractivity contribution is 0.108. The Bertz CT molecular complexity index is 966. The third-order valence-electron chi connectivity index (χ3n) is 3.33. The molecule has 1 atom stereocenters.